The van der Waals surface area contributed by atoms with Crippen LogP contribution in [0, 0.1) is 10.1 Å². The van der Waals surface area contributed by atoms with Gasteiger partial charge in [-0.1, -0.05) is 54.6 Å². The number of hydrogen-bond donors (Lipinski definition) is 1. The van der Waals surface area contributed by atoms with E-state index in [0.717, 1.165) is 16.3 Å². The van der Waals surface area contributed by atoms with Crippen molar-refractivity contribution in [3.05, 3.63) is 88.0 Å². The first-order valence-electron chi connectivity index (χ1n) is 8.07. The molecule has 0 heterocycles. The molecule has 0 spiro atoms. The Morgan fingerprint density at radius 2 is 1.65 bits per heavy atom. The summed E-state index contributed by atoms with van der Waals surface area (Å²) in [4.78, 5) is 10.2. The molecule has 6 nitrogen and oxygen atoms in total. The van der Waals surface area contributed by atoms with Gasteiger partial charge in [0.15, 0.2) is 0 Å². The van der Waals surface area contributed by atoms with Crippen LogP contribution in [-0.2, 0) is 15.8 Å². The summed E-state index contributed by atoms with van der Waals surface area (Å²) >= 11 is 0. The van der Waals surface area contributed by atoms with Crippen LogP contribution in [0.4, 0.5) is 5.69 Å². The van der Waals surface area contributed by atoms with E-state index in [1.807, 2.05) is 42.5 Å². The second-order valence-corrected chi connectivity index (χ2v) is 7.84. The van der Waals surface area contributed by atoms with E-state index in [-0.39, 0.29) is 11.4 Å². The normalized spacial score (nSPS) is 12.8. The van der Waals surface area contributed by atoms with Gasteiger partial charge < -0.3 is 0 Å². The Labute approximate surface area is 151 Å². The highest BCUT2D eigenvalue weighted by Gasteiger charge is 2.18. The van der Waals surface area contributed by atoms with Crippen LogP contribution < -0.4 is 4.72 Å². The SMILES string of the molecule is CC(NS(=O)(=O)Cc1ccc([N+](=O)[O-])cc1)c1cccc2ccccc12. The zero-order valence-corrected chi connectivity index (χ0v) is 14.9. The van der Waals surface area contributed by atoms with Crippen molar-refractivity contribution in [2.45, 2.75) is 18.7 Å². The van der Waals surface area contributed by atoms with Crippen LogP contribution in [0.5, 0.6) is 0 Å². The van der Waals surface area contributed by atoms with Crippen LogP contribution in [0.15, 0.2) is 66.7 Å². The Balaban J connectivity index is 1.79. The first kappa shape index (κ1) is 18.0. The number of benzene rings is 3. The Hall–Kier alpha value is -2.77. The summed E-state index contributed by atoms with van der Waals surface area (Å²) in [5.74, 6) is -0.236. The van der Waals surface area contributed by atoms with Crippen molar-refractivity contribution in [3.8, 4) is 0 Å². The molecule has 1 N–H and O–H groups in total. The van der Waals surface area contributed by atoms with Crippen LogP contribution in [0.25, 0.3) is 10.8 Å². The molecule has 0 amide bonds. The molecular formula is C19H18N2O4S. The fourth-order valence-electron chi connectivity index (χ4n) is 2.94. The standard InChI is InChI=1S/C19H18N2O4S/c1-14(18-8-4-6-16-5-2-3-7-19(16)18)20-26(24,25)13-15-9-11-17(12-10-15)21(22)23/h2-12,14,20H,13H2,1H3. The molecule has 0 saturated heterocycles. The molecule has 3 aromatic carbocycles. The average molecular weight is 370 g/mol. The van der Waals surface area contributed by atoms with Crippen LogP contribution in [0.1, 0.15) is 24.1 Å². The number of nitro benzene ring substituents is 1. The Morgan fingerprint density at radius 1 is 1.00 bits per heavy atom. The van der Waals surface area contributed by atoms with Crippen molar-refractivity contribution >= 4 is 26.5 Å². The summed E-state index contributed by atoms with van der Waals surface area (Å²) < 4.78 is 27.7. The lowest BCUT2D eigenvalue weighted by molar-refractivity contribution is -0.384. The van der Waals surface area contributed by atoms with Gasteiger partial charge in [0.25, 0.3) is 5.69 Å². The second kappa shape index (κ2) is 7.23. The van der Waals surface area contributed by atoms with Gasteiger partial charge in [-0.15, -0.1) is 0 Å². The number of nitrogens with zero attached hydrogens (tertiary/aromatic N) is 1. The summed E-state index contributed by atoms with van der Waals surface area (Å²) in [6.07, 6.45) is 0. The molecule has 0 radical (unpaired) electrons. The lowest BCUT2D eigenvalue weighted by atomic mass is 10.0. The Bertz CT molecular complexity index is 1040. The maximum atomic E-state index is 12.5. The molecule has 3 aromatic rings. The number of nitro groups is 1. The topological polar surface area (TPSA) is 89.3 Å². The minimum Gasteiger partial charge on any atom is -0.258 e. The lowest BCUT2D eigenvalue weighted by Crippen LogP contribution is -2.28. The van der Waals surface area contributed by atoms with Crippen molar-refractivity contribution in [1.29, 1.82) is 0 Å². The lowest BCUT2D eigenvalue weighted by Gasteiger charge is -2.17. The average Bonchev–Trinajstić information content (AvgIpc) is 2.60. The van der Waals surface area contributed by atoms with E-state index in [0.29, 0.717) is 5.56 Å². The fourth-order valence-corrected chi connectivity index (χ4v) is 4.32. The number of nitrogens with one attached hydrogen (secondary N) is 1. The minimum absolute atomic E-state index is 0.0665. The molecule has 0 aliphatic heterocycles. The van der Waals surface area contributed by atoms with Crippen LogP contribution in [0.2, 0.25) is 0 Å². The van der Waals surface area contributed by atoms with Gasteiger partial charge in [0, 0.05) is 18.2 Å². The quantitative estimate of drug-likeness (QED) is 0.526. The van der Waals surface area contributed by atoms with Gasteiger partial charge in [0.05, 0.1) is 10.7 Å². The van der Waals surface area contributed by atoms with Gasteiger partial charge in [-0.25, -0.2) is 13.1 Å². The van der Waals surface area contributed by atoms with Crippen molar-refractivity contribution in [2.75, 3.05) is 0 Å². The number of hydrogen-bond acceptors (Lipinski definition) is 4. The molecule has 134 valence electrons. The highest BCUT2D eigenvalue weighted by molar-refractivity contribution is 7.88. The number of rotatable bonds is 6. The monoisotopic (exact) mass is 370 g/mol. The number of sulfonamides is 1. The zero-order chi connectivity index (χ0) is 18.7. The van der Waals surface area contributed by atoms with E-state index in [9.17, 15) is 18.5 Å². The molecule has 0 aromatic heterocycles. The fraction of sp³-hybridized carbons (Fsp3) is 0.158. The van der Waals surface area contributed by atoms with Gasteiger partial charge in [-0.3, -0.25) is 10.1 Å². The summed E-state index contributed by atoms with van der Waals surface area (Å²) in [6, 6.07) is 18.7. The smallest absolute Gasteiger partial charge is 0.258 e. The molecule has 3 rings (SSSR count). The Kier molecular flexibility index (Phi) is 5.01. The molecule has 26 heavy (non-hydrogen) atoms. The van der Waals surface area contributed by atoms with E-state index in [1.165, 1.54) is 24.3 Å². The molecule has 7 heteroatoms. The van der Waals surface area contributed by atoms with E-state index in [4.69, 9.17) is 0 Å². The maximum Gasteiger partial charge on any atom is 0.269 e. The third kappa shape index (κ3) is 4.07. The highest BCUT2D eigenvalue weighted by Crippen LogP contribution is 2.25. The van der Waals surface area contributed by atoms with Gasteiger partial charge in [-0.2, -0.15) is 0 Å². The summed E-state index contributed by atoms with van der Waals surface area (Å²) in [7, 11) is -3.60. The highest BCUT2D eigenvalue weighted by atomic mass is 32.2. The first-order valence-corrected chi connectivity index (χ1v) is 9.72. The third-order valence-corrected chi connectivity index (χ3v) is 5.58. The summed E-state index contributed by atoms with van der Waals surface area (Å²) in [5.41, 5.74) is 1.33. The predicted octanol–water partition coefficient (Wildman–Crippen LogP) is 3.93. The molecule has 0 aliphatic rings. The van der Waals surface area contributed by atoms with Crippen molar-refractivity contribution in [2.24, 2.45) is 0 Å². The van der Waals surface area contributed by atoms with Crippen LogP contribution in [-0.4, -0.2) is 13.3 Å². The van der Waals surface area contributed by atoms with Crippen LogP contribution >= 0.6 is 0 Å². The second-order valence-electron chi connectivity index (χ2n) is 6.09. The Morgan fingerprint density at radius 3 is 2.35 bits per heavy atom. The number of fused-ring (bicyclic) bond motifs is 1. The van der Waals surface area contributed by atoms with Crippen molar-refractivity contribution in [1.82, 2.24) is 4.72 Å². The maximum absolute atomic E-state index is 12.5. The van der Waals surface area contributed by atoms with Gasteiger partial charge in [0.2, 0.25) is 10.0 Å². The molecule has 0 fully saturated rings. The van der Waals surface area contributed by atoms with Gasteiger partial charge in [0.1, 0.15) is 0 Å². The summed E-state index contributed by atoms with van der Waals surface area (Å²) in [5, 5.41) is 12.7. The molecule has 0 saturated carbocycles. The van der Waals surface area contributed by atoms with E-state index in [1.54, 1.807) is 6.92 Å². The number of non-ortho nitro benzene ring substituents is 1. The van der Waals surface area contributed by atoms with Crippen molar-refractivity contribution < 1.29 is 13.3 Å². The third-order valence-electron chi connectivity index (χ3n) is 4.15. The summed E-state index contributed by atoms with van der Waals surface area (Å²) in [6.45, 7) is 1.80. The molecular weight excluding hydrogens is 352 g/mol. The van der Waals surface area contributed by atoms with E-state index in [2.05, 4.69) is 4.72 Å². The van der Waals surface area contributed by atoms with Gasteiger partial charge in [-0.05, 0) is 28.8 Å². The predicted molar refractivity (Wildman–Crippen MR) is 101 cm³/mol. The molecule has 0 aliphatic carbocycles. The first-order chi connectivity index (χ1) is 12.4. The molecule has 1 unspecified atom stereocenters. The van der Waals surface area contributed by atoms with Gasteiger partial charge >= 0.3 is 0 Å². The molecule has 1 atom stereocenters. The van der Waals surface area contributed by atoms with Crippen LogP contribution in [0.3, 0.4) is 0 Å². The van der Waals surface area contributed by atoms with E-state index >= 15 is 0 Å². The van der Waals surface area contributed by atoms with E-state index < -0.39 is 21.0 Å². The largest absolute Gasteiger partial charge is 0.269 e. The zero-order valence-electron chi connectivity index (χ0n) is 14.1. The minimum atomic E-state index is -3.60. The molecule has 0 bridgehead atoms. The van der Waals surface area contributed by atoms with Crippen molar-refractivity contribution in [3.63, 3.8) is 0 Å².